The molecular weight excluding hydrogens is 383 g/mol. The van der Waals surface area contributed by atoms with Crippen LogP contribution in [0.4, 0.5) is 4.39 Å². The molecule has 0 spiro atoms. The molecular formula is C24H23FN2OS. The number of halogens is 1. The Morgan fingerprint density at radius 1 is 1.10 bits per heavy atom. The first-order valence-electron chi connectivity index (χ1n) is 9.76. The number of thiophene rings is 1. The van der Waals surface area contributed by atoms with Gasteiger partial charge in [0, 0.05) is 16.9 Å². The fourth-order valence-electron chi connectivity index (χ4n) is 3.60. The topological polar surface area (TPSA) is 34.0 Å². The number of amides is 1. The Hall–Kier alpha value is -2.92. The highest BCUT2D eigenvalue weighted by Crippen LogP contribution is 2.31. The minimum Gasteiger partial charge on any atom is -0.352 e. The van der Waals surface area contributed by atoms with Crippen molar-refractivity contribution in [3.8, 4) is 10.6 Å². The van der Waals surface area contributed by atoms with Gasteiger partial charge in [0.05, 0.1) is 10.6 Å². The van der Waals surface area contributed by atoms with Crippen molar-refractivity contribution >= 4 is 28.1 Å². The van der Waals surface area contributed by atoms with Gasteiger partial charge in [-0.3, -0.25) is 4.79 Å². The summed E-state index contributed by atoms with van der Waals surface area (Å²) in [4.78, 5) is 13.8. The first-order valence-corrected chi connectivity index (χ1v) is 10.6. The summed E-state index contributed by atoms with van der Waals surface area (Å²) < 4.78 is 15.7. The van der Waals surface area contributed by atoms with E-state index in [1.807, 2.05) is 53.3 Å². The number of aryl methyl sites for hydroxylation is 1. The molecule has 0 aliphatic carbocycles. The van der Waals surface area contributed by atoms with E-state index in [2.05, 4.69) is 17.4 Å². The average Bonchev–Trinajstić information content (AvgIpc) is 3.35. The van der Waals surface area contributed by atoms with Crippen LogP contribution >= 0.6 is 11.3 Å². The predicted molar refractivity (Wildman–Crippen MR) is 118 cm³/mol. The second kappa shape index (κ2) is 8.62. The van der Waals surface area contributed by atoms with Crippen molar-refractivity contribution in [2.75, 3.05) is 0 Å². The number of carbonyl (C=O) groups is 1. The monoisotopic (exact) mass is 406 g/mol. The molecule has 0 saturated heterocycles. The molecule has 1 atom stereocenters. The predicted octanol–water partition coefficient (Wildman–Crippen LogP) is 5.65. The molecule has 148 valence electrons. The van der Waals surface area contributed by atoms with Crippen molar-refractivity contribution in [3.05, 3.63) is 83.5 Å². The summed E-state index contributed by atoms with van der Waals surface area (Å²) >= 11 is 1.61. The second-order valence-corrected chi connectivity index (χ2v) is 8.24. The zero-order chi connectivity index (χ0) is 20.2. The van der Waals surface area contributed by atoms with Crippen LogP contribution in [0.1, 0.15) is 18.9 Å². The van der Waals surface area contributed by atoms with Crippen molar-refractivity contribution in [2.24, 2.45) is 0 Å². The summed E-state index contributed by atoms with van der Waals surface area (Å²) in [5.74, 6) is -0.309. The van der Waals surface area contributed by atoms with E-state index in [0.717, 1.165) is 34.3 Å². The Labute approximate surface area is 173 Å². The standard InChI is InChI=1S/C24H23FN2OS/c1-17(9-10-18-6-3-2-4-7-18)26-24(28)16-27-21-12-11-20(25)14-19(21)15-22(27)23-8-5-13-29-23/h2-8,11-15,17H,9-10,16H2,1H3,(H,26,28). The molecule has 5 heteroatoms. The van der Waals surface area contributed by atoms with Gasteiger partial charge in [0.2, 0.25) is 5.91 Å². The Bertz CT molecular complexity index is 1100. The fraction of sp³-hybridized carbons (Fsp3) is 0.208. The van der Waals surface area contributed by atoms with Crippen molar-refractivity contribution in [1.82, 2.24) is 9.88 Å². The minimum absolute atomic E-state index is 0.0369. The summed E-state index contributed by atoms with van der Waals surface area (Å²) in [5.41, 5.74) is 3.07. The highest BCUT2D eigenvalue weighted by atomic mass is 32.1. The first kappa shape index (κ1) is 19.4. The number of aromatic nitrogens is 1. The minimum atomic E-state index is -0.272. The summed E-state index contributed by atoms with van der Waals surface area (Å²) in [6.45, 7) is 2.24. The highest BCUT2D eigenvalue weighted by Gasteiger charge is 2.16. The van der Waals surface area contributed by atoms with Gasteiger partial charge in [-0.15, -0.1) is 11.3 Å². The van der Waals surface area contributed by atoms with E-state index in [4.69, 9.17) is 0 Å². The van der Waals surface area contributed by atoms with Crippen molar-refractivity contribution in [1.29, 1.82) is 0 Å². The van der Waals surface area contributed by atoms with Crippen molar-refractivity contribution in [2.45, 2.75) is 32.4 Å². The van der Waals surface area contributed by atoms with Gasteiger partial charge in [-0.05, 0) is 61.0 Å². The molecule has 2 aromatic heterocycles. The molecule has 2 heterocycles. The summed E-state index contributed by atoms with van der Waals surface area (Å²) in [7, 11) is 0. The van der Waals surface area contributed by atoms with Gasteiger partial charge in [0.25, 0.3) is 0 Å². The zero-order valence-corrected chi connectivity index (χ0v) is 17.1. The Morgan fingerprint density at radius 2 is 1.93 bits per heavy atom. The molecule has 4 rings (SSSR count). The van der Waals surface area contributed by atoms with E-state index < -0.39 is 0 Å². The molecule has 0 aliphatic heterocycles. The normalized spacial score (nSPS) is 12.2. The third-order valence-corrected chi connectivity index (χ3v) is 5.95. The number of hydrogen-bond acceptors (Lipinski definition) is 2. The molecule has 0 saturated carbocycles. The maximum absolute atomic E-state index is 13.7. The van der Waals surface area contributed by atoms with E-state index in [1.54, 1.807) is 17.4 Å². The van der Waals surface area contributed by atoms with Crippen LogP contribution in [-0.4, -0.2) is 16.5 Å². The smallest absolute Gasteiger partial charge is 0.240 e. The van der Waals surface area contributed by atoms with Crippen LogP contribution in [0, 0.1) is 5.82 Å². The quantitative estimate of drug-likeness (QED) is 0.423. The number of fused-ring (bicyclic) bond motifs is 1. The lowest BCUT2D eigenvalue weighted by molar-refractivity contribution is -0.122. The number of benzene rings is 2. The number of hydrogen-bond donors (Lipinski definition) is 1. The molecule has 1 amide bonds. The van der Waals surface area contributed by atoms with Gasteiger partial charge >= 0.3 is 0 Å². The lowest BCUT2D eigenvalue weighted by Gasteiger charge is -2.16. The largest absolute Gasteiger partial charge is 0.352 e. The lowest BCUT2D eigenvalue weighted by Crippen LogP contribution is -2.35. The number of rotatable bonds is 7. The number of nitrogens with zero attached hydrogens (tertiary/aromatic N) is 1. The van der Waals surface area contributed by atoms with Gasteiger partial charge in [0.15, 0.2) is 0 Å². The lowest BCUT2D eigenvalue weighted by atomic mass is 10.1. The maximum atomic E-state index is 13.7. The molecule has 4 aromatic rings. The van der Waals surface area contributed by atoms with Crippen LogP contribution in [0.25, 0.3) is 21.5 Å². The summed E-state index contributed by atoms with van der Waals surface area (Å²) in [5, 5.41) is 5.91. The van der Waals surface area contributed by atoms with Crippen LogP contribution in [-0.2, 0) is 17.8 Å². The highest BCUT2D eigenvalue weighted by molar-refractivity contribution is 7.13. The molecule has 0 aliphatic rings. The molecule has 1 N–H and O–H groups in total. The Balaban J connectivity index is 1.49. The van der Waals surface area contributed by atoms with Crippen LogP contribution in [0.15, 0.2) is 72.1 Å². The number of nitrogens with one attached hydrogen (secondary N) is 1. The third kappa shape index (κ3) is 4.57. The molecule has 29 heavy (non-hydrogen) atoms. The summed E-state index contributed by atoms with van der Waals surface area (Å²) in [6.07, 6.45) is 1.81. The Morgan fingerprint density at radius 3 is 2.69 bits per heavy atom. The summed E-state index contributed by atoms with van der Waals surface area (Å²) in [6, 6.07) is 21.0. The Kier molecular flexibility index (Phi) is 5.76. The van der Waals surface area contributed by atoms with Crippen LogP contribution in [0.3, 0.4) is 0 Å². The van der Waals surface area contributed by atoms with Gasteiger partial charge in [-0.2, -0.15) is 0 Å². The van der Waals surface area contributed by atoms with E-state index in [-0.39, 0.29) is 24.3 Å². The van der Waals surface area contributed by atoms with Crippen LogP contribution < -0.4 is 5.32 Å². The van der Waals surface area contributed by atoms with Crippen molar-refractivity contribution < 1.29 is 9.18 Å². The average molecular weight is 407 g/mol. The first-order chi connectivity index (χ1) is 14.1. The van der Waals surface area contributed by atoms with Gasteiger partial charge < -0.3 is 9.88 Å². The van der Waals surface area contributed by atoms with Crippen LogP contribution in [0.5, 0.6) is 0 Å². The molecule has 2 aromatic carbocycles. The second-order valence-electron chi connectivity index (χ2n) is 7.29. The molecule has 0 fully saturated rings. The molecule has 1 unspecified atom stereocenters. The maximum Gasteiger partial charge on any atom is 0.240 e. The van der Waals surface area contributed by atoms with Crippen molar-refractivity contribution in [3.63, 3.8) is 0 Å². The fourth-order valence-corrected chi connectivity index (χ4v) is 4.36. The SMILES string of the molecule is CC(CCc1ccccc1)NC(=O)Cn1c(-c2cccs2)cc2cc(F)ccc21. The molecule has 0 radical (unpaired) electrons. The van der Waals surface area contributed by atoms with Gasteiger partial charge in [-0.1, -0.05) is 36.4 Å². The van der Waals surface area contributed by atoms with E-state index >= 15 is 0 Å². The molecule has 3 nitrogen and oxygen atoms in total. The van der Waals surface area contributed by atoms with E-state index in [9.17, 15) is 9.18 Å². The zero-order valence-electron chi connectivity index (χ0n) is 16.3. The van der Waals surface area contributed by atoms with E-state index in [1.165, 1.54) is 17.7 Å². The number of carbonyl (C=O) groups excluding carboxylic acids is 1. The van der Waals surface area contributed by atoms with Gasteiger partial charge in [-0.25, -0.2) is 4.39 Å². The molecule has 0 bridgehead atoms. The third-order valence-electron chi connectivity index (χ3n) is 5.05. The van der Waals surface area contributed by atoms with Gasteiger partial charge in [0.1, 0.15) is 12.4 Å². The van der Waals surface area contributed by atoms with E-state index in [0.29, 0.717) is 0 Å². The van der Waals surface area contributed by atoms with Crippen LogP contribution in [0.2, 0.25) is 0 Å².